The van der Waals surface area contributed by atoms with Gasteiger partial charge in [0.1, 0.15) is 5.82 Å². The third-order valence-corrected chi connectivity index (χ3v) is 6.92. The first-order valence-corrected chi connectivity index (χ1v) is 11.5. The molecule has 0 aliphatic carbocycles. The second-order valence-electron chi connectivity index (χ2n) is 7.62. The largest absolute Gasteiger partial charge is 0.338 e. The molecule has 1 fully saturated rings. The number of imidazole rings is 1. The Kier molecular flexibility index (Phi) is 5.77. The lowest BCUT2D eigenvalue weighted by Crippen LogP contribution is -2.39. The van der Waals surface area contributed by atoms with Crippen LogP contribution in [0.5, 0.6) is 0 Å². The Hall–Kier alpha value is -3.20. The van der Waals surface area contributed by atoms with Crippen molar-refractivity contribution in [3.63, 3.8) is 0 Å². The highest BCUT2D eigenvalue weighted by Gasteiger charge is 2.26. The van der Waals surface area contributed by atoms with Crippen molar-refractivity contribution in [2.75, 3.05) is 17.8 Å². The average molecular weight is 443 g/mol. The lowest BCUT2D eigenvalue weighted by atomic mass is 10.0. The first kappa shape index (κ1) is 21.0. The summed E-state index contributed by atoms with van der Waals surface area (Å²) in [7, 11) is -3.92. The minimum Gasteiger partial charge on any atom is -0.338 e. The molecule has 1 aromatic heterocycles. The highest BCUT2D eigenvalue weighted by atomic mass is 32.2. The average Bonchev–Trinajstić information content (AvgIpc) is 3.30. The number of hydrogen-bond donors (Lipinski definition) is 1. The second kappa shape index (κ2) is 8.50. The minimum atomic E-state index is -3.92. The number of hydrogen-bond acceptors (Lipinski definition) is 4. The smallest absolute Gasteiger partial charge is 0.261 e. The Morgan fingerprint density at radius 2 is 1.84 bits per heavy atom. The van der Waals surface area contributed by atoms with Crippen LogP contribution in [0.3, 0.4) is 0 Å². The lowest BCUT2D eigenvalue weighted by molar-refractivity contribution is 0.0693. The summed E-state index contributed by atoms with van der Waals surface area (Å²) in [5.41, 5.74) is 1.32. The molecule has 1 saturated heterocycles. The van der Waals surface area contributed by atoms with Gasteiger partial charge in [0, 0.05) is 42.8 Å². The van der Waals surface area contributed by atoms with E-state index in [9.17, 15) is 17.6 Å². The van der Waals surface area contributed by atoms with Crippen LogP contribution >= 0.6 is 0 Å². The first-order valence-electron chi connectivity index (χ1n) is 9.99. The molecule has 1 amide bonds. The van der Waals surface area contributed by atoms with Crippen LogP contribution in [0.1, 0.15) is 34.8 Å². The molecule has 1 aliphatic rings. The summed E-state index contributed by atoms with van der Waals surface area (Å²) >= 11 is 0. The number of amides is 1. The van der Waals surface area contributed by atoms with Crippen LogP contribution in [0.4, 0.5) is 10.1 Å². The van der Waals surface area contributed by atoms with E-state index in [-0.39, 0.29) is 16.5 Å². The molecule has 0 unspecified atom stereocenters. The molecular formula is C22H23FN4O3S. The van der Waals surface area contributed by atoms with Crippen molar-refractivity contribution in [1.29, 1.82) is 0 Å². The number of aryl methyl sites for hydroxylation is 1. The van der Waals surface area contributed by atoms with E-state index in [1.807, 2.05) is 6.20 Å². The number of likely N-dealkylation sites (tertiary alicyclic amines) is 1. The molecule has 0 atom stereocenters. The molecule has 2 aromatic carbocycles. The summed E-state index contributed by atoms with van der Waals surface area (Å²) in [5, 5.41) is 0. The number of carbonyl (C=O) groups excluding carboxylic acids is 1. The molecular weight excluding hydrogens is 419 g/mol. The zero-order valence-corrected chi connectivity index (χ0v) is 17.8. The van der Waals surface area contributed by atoms with Gasteiger partial charge in [-0.25, -0.2) is 17.8 Å². The molecule has 0 bridgehead atoms. The van der Waals surface area contributed by atoms with Crippen LogP contribution in [-0.4, -0.2) is 41.9 Å². The topological polar surface area (TPSA) is 84.3 Å². The van der Waals surface area contributed by atoms with Gasteiger partial charge in [-0.05, 0) is 61.7 Å². The molecule has 4 rings (SSSR count). The molecule has 0 spiro atoms. The summed E-state index contributed by atoms with van der Waals surface area (Å²) in [5.74, 6) is -0.636. The van der Waals surface area contributed by atoms with Crippen molar-refractivity contribution in [2.45, 2.75) is 30.7 Å². The maximum Gasteiger partial charge on any atom is 0.261 e. The van der Waals surface area contributed by atoms with E-state index < -0.39 is 15.8 Å². The molecule has 2 heterocycles. The van der Waals surface area contributed by atoms with Crippen molar-refractivity contribution in [1.82, 2.24) is 14.5 Å². The Morgan fingerprint density at radius 3 is 2.48 bits per heavy atom. The molecule has 1 N–H and O–H groups in total. The van der Waals surface area contributed by atoms with E-state index >= 15 is 0 Å². The van der Waals surface area contributed by atoms with Crippen LogP contribution in [0.15, 0.2) is 66.1 Å². The Bertz CT molecular complexity index is 1170. The number of sulfonamides is 1. The maximum atomic E-state index is 13.1. The normalized spacial score (nSPS) is 15.1. The summed E-state index contributed by atoms with van der Waals surface area (Å²) in [4.78, 5) is 19.0. The summed E-state index contributed by atoms with van der Waals surface area (Å²) in [6, 6.07) is 9.85. The number of rotatable bonds is 5. The van der Waals surface area contributed by atoms with Gasteiger partial charge in [0.15, 0.2) is 0 Å². The third kappa shape index (κ3) is 4.61. The van der Waals surface area contributed by atoms with E-state index in [0.717, 1.165) is 12.8 Å². The summed E-state index contributed by atoms with van der Waals surface area (Å²) in [6.07, 6.45) is 7.08. The molecule has 162 valence electrons. The van der Waals surface area contributed by atoms with E-state index in [1.54, 1.807) is 30.4 Å². The van der Waals surface area contributed by atoms with Crippen LogP contribution in [0.2, 0.25) is 0 Å². The molecule has 9 heteroatoms. The molecule has 31 heavy (non-hydrogen) atoms. The Balaban J connectivity index is 1.51. The fourth-order valence-electron chi connectivity index (χ4n) is 3.75. The molecule has 0 saturated carbocycles. The van der Waals surface area contributed by atoms with Gasteiger partial charge in [0.25, 0.3) is 15.9 Å². The Labute approximate surface area is 180 Å². The van der Waals surface area contributed by atoms with Gasteiger partial charge in [-0.2, -0.15) is 0 Å². The highest BCUT2D eigenvalue weighted by Crippen LogP contribution is 2.25. The van der Waals surface area contributed by atoms with Crippen LogP contribution in [0, 0.1) is 12.7 Å². The van der Waals surface area contributed by atoms with E-state index in [1.165, 1.54) is 36.4 Å². The number of carbonyl (C=O) groups is 1. The fourth-order valence-corrected chi connectivity index (χ4v) is 4.84. The van der Waals surface area contributed by atoms with E-state index in [2.05, 4.69) is 14.3 Å². The van der Waals surface area contributed by atoms with Gasteiger partial charge in [-0.1, -0.05) is 6.07 Å². The standard InChI is InChI=1S/C22H23FN4O3S/c1-16-2-7-20(31(29,30)25-18-5-3-17(23)4-6-18)14-21(16)22(28)26-11-8-19(9-12-26)27-13-10-24-15-27/h2-7,10,13-15,19,25H,8-9,11-12H2,1H3. The van der Waals surface area contributed by atoms with Gasteiger partial charge in [0.05, 0.1) is 11.2 Å². The number of halogens is 1. The number of nitrogens with one attached hydrogen (secondary N) is 1. The summed E-state index contributed by atoms with van der Waals surface area (Å²) < 4.78 is 43.1. The minimum absolute atomic E-state index is 0.0147. The zero-order chi connectivity index (χ0) is 22.0. The van der Waals surface area contributed by atoms with Gasteiger partial charge in [0.2, 0.25) is 0 Å². The predicted octanol–water partition coefficient (Wildman–Crippen LogP) is 3.61. The highest BCUT2D eigenvalue weighted by molar-refractivity contribution is 7.92. The number of benzene rings is 2. The van der Waals surface area contributed by atoms with E-state index in [4.69, 9.17) is 0 Å². The van der Waals surface area contributed by atoms with Gasteiger partial charge in [-0.15, -0.1) is 0 Å². The number of piperidine rings is 1. The van der Waals surface area contributed by atoms with Crippen molar-refractivity contribution in [3.05, 3.63) is 78.1 Å². The quantitative estimate of drug-likeness (QED) is 0.654. The van der Waals surface area contributed by atoms with Crippen molar-refractivity contribution < 1.29 is 17.6 Å². The van der Waals surface area contributed by atoms with Gasteiger partial charge in [-0.3, -0.25) is 9.52 Å². The molecule has 1 aliphatic heterocycles. The zero-order valence-electron chi connectivity index (χ0n) is 17.0. The number of aromatic nitrogens is 2. The van der Waals surface area contributed by atoms with E-state index in [0.29, 0.717) is 30.3 Å². The fraction of sp³-hybridized carbons (Fsp3) is 0.273. The van der Waals surface area contributed by atoms with Crippen molar-refractivity contribution in [2.24, 2.45) is 0 Å². The number of anilines is 1. The van der Waals surface area contributed by atoms with Crippen molar-refractivity contribution in [3.8, 4) is 0 Å². The molecule has 0 radical (unpaired) electrons. The van der Waals surface area contributed by atoms with Crippen LogP contribution in [0.25, 0.3) is 0 Å². The van der Waals surface area contributed by atoms with Crippen LogP contribution < -0.4 is 4.72 Å². The predicted molar refractivity (Wildman–Crippen MR) is 115 cm³/mol. The first-order chi connectivity index (χ1) is 14.8. The number of nitrogens with zero attached hydrogens (tertiary/aromatic N) is 3. The SMILES string of the molecule is Cc1ccc(S(=O)(=O)Nc2ccc(F)cc2)cc1C(=O)N1CCC(n2ccnc2)CC1. The molecule has 7 nitrogen and oxygen atoms in total. The monoisotopic (exact) mass is 442 g/mol. The van der Waals surface area contributed by atoms with Gasteiger partial charge >= 0.3 is 0 Å². The second-order valence-corrected chi connectivity index (χ2v) is 9.30. The van der Waals surface area contributed by atoms with Crippen LogP contribution in [-0.2, 0) is 10.0 Å². The van der Waals surface area contributed by atoms with Crippen molar-refractivity contribution >= 4 is 21.6 Å². The Morgan fingerprint density at radius 1 is 1.13 bits per heavy atom. The summed E-state index contributed by atoms with van der Waals surface area (Å²) in [6.45, 7) is 2.97. The molecule has 3 aromatic rings. The third-order valence-electron chi connectivity index (χ3n) is 5.54. The van der Waals surface area contributed by atoms with Gasteiger partial charge < -0.3 is 9.47 Å². The maximum absolute atomic E-state index is 13.1. The lowest BCUT2D eigenvalue weighted by Gasteiger charge is -2.33.